The van der Waals surface area contributed by atoms with Gasteiger partial charge in [-0.2, -0.15) is 0 Å². The molecule has 1 heterocycles. The van der Waals surface area contributed by atoms with Crippen molar-refractivity contribution in [2.24, 2.45) is 5.73 Å². The van der Waals surface area contributed by atoms with E-state index in [9.17, 15) is 0 Å². The van der Waals surface area contributed by atoms with Gasteiger partial charge in [-0.1, -0.05) is 30.3 Å². The summed E-state index contributed by atoms with van der Waals surface area (Å²) in [5, 5.41) is 0. The SMILES string of the molecule is CC1(C(N)c2ccccc2)CCCCO1. The zero-order valence-electron chi connectivity index (χ0n) is 9.28. The van der Waals surface area contributed by atoms with E-state index in [0.717, 1.165) is 19.4 Å². The van der Waals surface area contributed by atoms with Crippen LogP contribution in [0.1, 0.15) is 37.8 Å². The number of rotatable bonds is 2. The van der Waals surface area contributed by atoms with Gasteiger partial charge in [-0.05, 0) is 31.7 Å². The molecule has 2 N–H and O–H groups in total. The Bertz CT molecular complexity index is 304. The highest BCUT2D eigenvalue weighted by Crippen LogP contribution is 2.34. The number of hydrogen-bond acceptors (Lipinski definition) is 2. The van der Waals surface area contributed by atoms with E-state index in [0.29, 0.717) is 0 Å². The van der Waals surface area contributed by atoms with Crippen LogP contribution in [-0.2, 0) is 4.74 Å². The lowest BCUT2D eigenvalue weighted by atomic mass is 9.85. The molecule has 1 aliphatic rings. The van der Waals surface area contributed by atoms with Crippen LogP contribution in [0.4, 0.5) is 0 Å². The van der Waals surface area contributed by atoms with E-state index in [2.05, 4.69) is 19.1 Å². The van der Waals surface area contributed by atoms with Crippen molar-refractivity contribution in [1.82, 2.24) is 0 Å². The molecular formula is C13H19NO. The van der Waals surface area contributed by atoms with E-state index in [4.69, 9.17) is 10.5 Å². The molecule has 0 bridgehead atoms. The lowest BCUT2D eigenvalue weighted by Crippen LogP contribution is -2.43. The highest BCUT2D eigenvalue weighted by molar-refractivity contribution is 5.21. The second-order valence-electron chi connectivity index (χ2n) is 4.51. The van der Waals surface area contributed by atoms with Crippen molar-refractivity contribution >= 4 is 0 Å². The van der Waals surface area contributed by atoms with E-state index >= 15 is 0 Å². The predicted octanol–water partition coefficient (Wildman–Crippen LogP) is 2.65. The zero-order chi connectivity index (χ0) is 10.7. The van der Waals surface area contributed by atoms with E-state index < -0.39 is 0 Å². The number of nitrogens with two attached hydrogens (primary N) is 1. The minimum absolute atomic E-state index is 0.0148. The summed E-state index contributed by atoms with van der Waals surface area (Å²) in [6.07, 6.45) is 3.44. The quantitative estimate of drug-likeness (QED) is 0.805. The largest absolute Gasteiger partial charge is 0.373 e. The highest BCUT2D eigenvalue weighted by atomic mass is 16.5. The fourth-order valence-electron chi connectivity index (χ4n) is 2.21. The van der Waals surface area contributed by atoms with Crippen LogP contribution >= 0.6 is 0 Å². The molecule has 2 nitrogen and oxygen atoms in total. The summed E-state index contributed by atoms with van der Waals surface area (Å²) < 4.78 is 5.86. The van der Waals surface area contributed by atoms with Crippen molar-refractivity contribution < 1.29 is 4.74 Å². The second-order valence-corrected chi connectivity index (χ2v) is 4.51. The molecule has 0 amide bonds. The maximum atomic E-state index is 6.28. The molecule has 15 heavy (non-hydrogen) atoms. The van der Waals surface area contributed by atoms with Gasteiger partial charge < -0.3 is 10.5 Å². The molecule has 1 aromatic carbocycles. The Kier molecular flexibility index (Phi) is 3.08. The molecule has 0 aliphatic carbocycles. The molecule has 0 saturated carbocycles. The average molecular weight is 205 g/mol. The first-order valence-electron chi connectivity index (χ1n) is 5.67. The molecule has 1 fully saturated rings. The normalized spacial score (nSPS) is 28.7. The van der Waals surface area contributed by atoms with Gasteiger partial charge in [0.25, 0.3) is 0 Å². The van der Waals surface area contributed by atoms with Crippen LogP contribution in [0.5, 0.6) is 0 Å². The van der Waals surface area contributed by atoms with Gasteiger partial charge in [0.1, 0.15) is 0 Å². The van der Waals surface area contributed by atoms with Gasteiger partial charge in [0, 0.05) is 6.61 Å². The first kappa shape index (κ1) is 10.7. The second kappa shape index (κ2) is 4.33. The Morgan fingerprint density at radius 3 is 2.60 bits per heavy atom. The van der Waals surface area contributed by atoms with Crippen LogP contribution < -0.4 is 5.73 Å². The van der Waals surface area contributed by atoms with E-state index in [1.165, 1.54) is 12.0 Å². The summed E-state index contributed by atoms with van der Waals surface area (Å²) in [5.74, 6) is 0. The Morgan fingerprint density at radius 2 is 2.00 bits per heavy atom. The van der Waals surface area contributed by atoms with Gasteiger partial charge in [-0.25, -0.2) is 0 Å². The van der Waals surface area contributed by atoms with Crippen LogP contribution in [0.2, 0.25) is 0 Å². The summed E-state index contributed by atoms with van der Waals surface area (Å²) >= 11 is 0. The molecule has 2 rings (SSSR count). The first-order valence-corrected chi connectivity index (χ1v) is 5.67. The maximum absolute atomic E-state index is 6.28. The minimum Gasteiger partial charge on any atom is -0.373 e. The summed E-state index contributed by atoms with van der Waals surface area (Å²) in [4.78, 5) is 0. The smallest absolute Gasteiger partial charge is 0.0846 e. The van der Waals surface area contributed by atoms with Crippen LogP contribution in [0.15, 0.2) is 30.3 Å². The van der Waals surface area contributed by atoms with Gasteiger partial charge in [-0.3, -0.25) is 0 Å². The summed E-state index contributed by atoms with van der Waals surface area (Å²) in [7, 11) is 0. The summed E-state index contributed by atoms with van der Waals surface area (Å²) in [6, 6.07) is 10.2. The Balaban J connectivity index is 2.16. The molecule has 0 aromatic heterocycles. The van der Waals surface area contributed by atoms with E-state index in [-0.39, 0.29) is 11.6 Å². The lowest BCUT2D eigenvalue weighted by Gasteiger charge is -2.39. The van der Waals surface area contributed by atoms with Gasteiger partial charge in [0.15, 0.2) is 0 Å². The zero-order valence-corrected chi connectivity index (χ0v) is 9.28. The fraction of sp³-hybridized carbons (Fsp3) is 0.538. The van der Waals surface area contributed by atoms with Crippen LogP contribution in [-0.4, -0.2) is 12.2 Å². The predicted molar refractivity (Wildman–Crippen MR) is 61.6 cm³/mol. The molecule has 0 radical (unpaired) electrons. The van der Waals surface area contributed by atoms with Gasteiger partial charge in [-0.15, -0.1) is 0 Å². The molecule has 1 aromatic rings. The fourth-order valence-corrected chi connectivity index (χ4v) is 2.21. The minimum atomic E-state index is -0.181. The molecule has 0 spiro atoms. The third-order valence-corrected chi connectivity index (χ3v) is 3.32. The summed E-state index contributed by atoms with van der Waals surface area (Å²) in [5.41, 5.74) is 7.27. The van der Waals surface area contributed by atoms with Crippen molar-refractivity contribution in [3.8, 4) is 0 Å². The molecular weight excluding hydrogens is 186 g/mol. The van der Waals surface area contributed by atoms with Crippen LogP contribution in [0.3, 0.4) is 0 Å². The van der Waals surface area contributed by atoms with Crippen molar-refractivity contribution in [2.45, 2.75) is 37.8 Å². The Hall–Kier alpha value is -0.860. The molecule has 2 atom stereocenters. The monoisotopic (exact) mass is 205 g/mol. The number of ether oxygens (including phenoxy) is 1. The van der Waals surface area contributed by atoms with E-state index in [1.807, 2.05) is 18.2 Å². The standard InChI is InChI=1S/C13H19NO/c1-13(9-5-6-10-15-13)12(14)11-7-3-2-4-8-11/h2-4,7-8,12H,5-6,9-10,14H2,1H3. The van der Waals surface area contributed by atoms with E-state index in [1.54, 1.807) is 0 Å². The Labute approximate surface area is 91.4 Å². The summed E-state index contributed by atoms with van der Waals surface area (Å²) in [6.45, 7) is 2.97. The molecule has 2 unspecified atom stereocenters. The van der Waals surface area contributed by atoms with Crippen molar-refractivity contribution in [3.05, 3.63) is 35.9 Å². The number of hydrogen-bond donors (Lipinski definition) is 1. The van der Waals surface area contributed by atoms with Crippen LogP contribution in [0.25, 0.3) is 0 Å². The molecule has 2 heteroatoms. The maximum Gasteiger partial charge on any atom is 0.0846 e. The molecule has 1 aliphatic heterocycles. The van der Waals surface area contributed by atoms with Crippen molar-refractivity contribution in [2.75, 3.05) is 6.61 Å². The number of benzene rings is 1. The Morgan fingerprint density at radius 1 is 1.27 bits per heavy atom. The first-order chi connectivity index (χ1) is 7.22. The molecule has 82 valence electrons. The van der Waals surface area contributed by atoms with Crippen molar-refractivity contribution in [3.63, 3.8) is 0 Å². The average Bonchev–Trinajstić information content (AvgIpc) is 2.30. The highest BCUT2D eigenvalue weighted by Gasteiger charge is 2.35. The molecule has 1 saturated heterocycles. The van der Waals surface area contributed by atoms with Gasteiger partial charge >= 0.3 is 0 Å². The van der Waals surface area contributed by atoms with Gasteiger partial charge in [0.2, 0.25) is 0 Å². The van der Waals surface area contributed by atoms with Crippen LogP contribution in [0, 0.1) is 0 Å². The third-order valence-electron chi connectivity index (χ3n) is 3.32. The van der Waals surface area contributed by atoms with Gasteiger partial charge in [0.05, 0.1) is 11.6 Å². The van der Waals surface area contributed by atoms with Crippen molar-refractivity contribution in [1.29, 1.82) is 0 Å². The lowest BCUT2D eigenvalue weighted by molar-refractivity contribution is -0.0820. The topological polar surface area (TPSA) is 35.2 Å². The third kappa shape index (κ3) is 2.21.